The van der Waals surface area contributed by atoms with Crippen LogP contribution in [-0.2, 0) is 18.3 Å². The lowest BCUT2D eigenvalue weighted by Crippen LogP contribution is -2.12. The lowest BCUT2D eigenvalue weighted by molar-refractivity contribution is 0.587. The van der Waals surface area contributed by atoms with E-state index in [9.17, 15) is 0 Å². The van der Waals surface area contributed by atoms with E-state index in [4.69, 9.17) is 0 Å². The molecule has 0 saturated carbocycles. The van der Waals surface area contributed by atoms with Crippen LogP contribution >= 0.6 is 0 Å². The third kappa shape index (κ3) is 3.39. The van der Waals surface area contributed by atoms with E-state index in [0.29, 0.717) is 0 Å². The summed E-state index contributed by atoms with van der Waals surface area (Å²) in [5.74, 6) is 0. The first-order valence-corrected chi connectivity index (χ1v) is 6.40. The van der Waals surface area contributed by atoms with Crippen molar-refractivity contribution in [3.05, 3.63) is 59.7 Å². The molecule has 18 heavy (non-hydrogen) atoms. The third-order valence-corrected chi connectivity index (χ3v) is 3.08. The van der Waals surface area contributed by atoms with Crippen LogP contribution < -0.4 is 0 Å². The van der Waals surface area contributed by atoms with Gasteiger partial charge in [0, 0.05) is 24.3 Å². The minimum absolute atomic E-state index is 0.187. The molecule has 0 saturated heterocycles. The van der Waals surface area contributed by atoms with Gasteiger partial charge in [-0.2, -0.15) is 0 Å². The fraction of sp³-hybridized carbons (Fsp3) is 0.375. The van der Waals surface area contributed by atoms with Crippen molar-refractivity contribution in [2.45, 2.75) is 39.0 Å². The summed E-state index contributed by atoms with van der Waals surface area (Å²) in [6, 6.07) is 8.42. The van der Waals surface area contributed by atoms with E-state index >= 15 is 0 Å². The van der Waals surface area contributed by atoms with Gasteiger partial charge >= 0.3 is 0 Å². The average molecular weight is 240 g/mol. The van der Waals surface area contributed by atoms with Crippen LogP contribution in [0.15, 0.2) is 42.9 Å². The van der Waals surface area contributed by atoms with Crippen LogP contribution in [0.25, 0.3) is 0 Å². The maximum Gasteiger partial charge on any atom is 0.0409 e. The summed E-state index contributed by atoms with van der Waals surface area (Å²) < 4.78 is 0. The minimum Gasteiger partial charge on any atom is -0.264 e. The second kappa shape index (κ2) is 5.30. The summed E-state index contributed by atoms with van der Waals surface area (Å²) in [6.07, 6.45) is 7.61. The van der Waals surface area contributed by atoms with Crippen LogP contribution in [0.1, 0.15) is 37.6 Å². The molecule has 0 amide bonds. The van der Waals surface area contributed by atoms with Gasteiger partial charge in [-0.05, 0) is 47.6 Å². The summed E-state index contributed by atoms with van der Waals surface area (Å²) in [5, 5.41) is 0. The lowest BCUT2D eigenvalue weighted by Gasteiger charge is -2.19. The van der Waals surface area contributed by atoms with Crippen LogP contribution in [0.3, 0.4) is 0 Å². The Bertz CT molecular complexity index is 498. The van der Waals surface area contributed by atoms with Gasteiger partial charge in [0.05, 0.1) is 0 Å². The van der Waals surface area contributed by atoms with E-state index in [2.05, 4.69) is 48.9 Å². The fourth-order valence-corrected chi connectivity index (χ4v) is 1.90. The summed E-state index contributed by atoms with van der Waals surface area (Å²) >= 11 is 0. The molecule has 0 spiro atoms. The largest absolute Gasteiger partial charge is 0.264 e. The maximum absolute atomic E-state index is 4.45. The Morgan fingerprint density at radius 1 is 1.06 bits per heavy atom. The highest BCUT2D eigenvalue weighted by Gasteiger charge is 2.13. The molecule has 0 N–H and O–H groups in total. The van der Waals surface area contributed by atoms with Crippen LogP contribution in [0, 0.1) is 0 Å². The number of rotatable bonds is 3. The lowest BCUT2D eigenvalue weighted by atomic mass is 9.87. The van der Waals surface area contributed by atoms with Crippen molar-refractivity contribution < 1.29 is 0 Å². The van der Waals surface area contributed by atoms with E-state index in [1.165, 1.54) is 11.1 Å². The highest BCUT2D eigenvalue weighted by molar-refractivity contribution is 5.24. The van der Waals surface area contributed by atoms with Crippen molar-refractivity contribution in [1.29, 1.82) is 0 Å². The summed E-state index contributed by atoms with van der Waals surface area (Å²) in [5.41, 5.74) is 3.96. The fourth-order valence-electron chi connectivity index (χ4n) is 1.90. The predicted molar refractivity (Wildman–Crippen MR) is 74.6 cm³/mol. The Labute approximate surface area is 109 Å². The Kier molecular flexibility index (Phi) is 3.75. The number of hydrogen-bond acceptors (Lipinski definition) is 2. The van der Waals surface area contributed by atoms with Gasteiger partial charge in [0.25, 0.3) is 0 Å². The van der Waals surface area contributed by atoms with Crippen molar-refractivity contribution in [2.24, 2.45) is 0 Å². The van der Waals surface area contributed by atoms with Crippen molar-refractivity contribution in [2.75, 3.05) is 0 Å². The molecule has 0 bridgehead atoms. The molecular formula is C16H20N2. The number of aryl methyl sites for hydroxylation is 2. The molecule has 0 aliphatic heterocycles. The van der Waals surface area contributed by atoms with E-state index < -0.39 is 0 Å². The zero-order chi connectivity index (χ0) is 13.0. The molecule has 0 aliphatic carbocycles. The SMILES string of the molecule is CC(C)(C)c1ccnc(CCc2cccnc2)c1. The van der Waals surface area contributed by atoms with Gasteiger partial charge in [-0.3, -0.25) is 9.97 Å². The number of pyridine rings is 2. The third-order valence-electron chi connectivity index (χ3n) is 3.08. The molecule has 0 unspecified atom stereocenters. The van der Waals surface area contributed by atoms with Crippen molar-refractivity contribution >= 4 is 0 Å². The van der Waals surface area contributed by atoms with Crippen LogP contribution in [0.2, 0.25) is 0 Å². The van der Waals surface area contributed by atoms with E-state index in [0.717, 1.165) is 18.5 Å². The molecular weight excluding hydrogens is 220 g/mol. The van der Waals surface area contributed by atoms with E-state index in [-0.39, 0.29) is 5.41 Å². The molecule has 2 nitrogen and oxygen atoms in total. The van der Waals surface area contributed by atoms with Crippen molar-refractivity contribution in [3.8, 4) is 0 Å². The zero-order valence-electron chi connectivity index (χ0n) is 11.4. The molecule has 2 heteroatoms. The zero-order valence-corrected chi connectivity index (χ0v) is 11.4. The normalized spacial score (nSPS) is 11.5. The van der Waals surface area contributed by atoms with E-state index in [1.54, 1.807) is 0 Å². The monoisotopic (exact) mass is 240 g/mol. The molecule has 94 valence electrons. The van der Waals surface area contributed by atoms with Crippen molar-refractivity contribution in [3.63, 3.8) is 0 Å². The first kappa shape index (κ1) is 12.7. The van der Waals surface area contributed by atoms with Crippen LogP contribution in [0.4, 0.5) is 0 Å². The summed E-state index contributed by atoms with van der Waals surface area (Å²) in [7, 11) is 0. The topological polar surface area (TPSA) is 25.8 Å². The molecule has 0 aromatic carbocycles. The number of nitrogens with zero attached hydrogens (tertiary/aromatic N) is 2. The highest BCUT2D eigenvalue weighted by Crippen LogP contribution is 2.22. The molecule has 0 radical (unpaired) electrons. The number of aromatic nitrogens is 2. The quantitative estimate of drug-likeness (QED) is 0.819. The Morgan fingerprint density at radius 2 is 1.89 bits per heavy atom. The van der Waals surface area contributed by atoms with Crippen LogP contribution in [-0.4, -0.2) is 9.97 Å². The van der Waals surface area contributed by atoms with E-state index in [1.807, 2.05) is 24.7 Å². The highest BCUT2D eigenvalue weighted by atomic mass is 14.7. The van der Waals surface area contributed by atoms with Gasteiger partial charge in [0.15, 0.2) is 0 Å². The summed E-state index contributed by atoms with van der Waals surface area (Å²) in [6.45, 7) is 6.69. The predicted octanol–water partition coefficient (Wildman–Crippen LogP) is 3.56. The second-order valence-electron chi connectivity index (χ2n) is 5.65. The molecule has 0 fully saturated rings. The molecule has 2 heterocycles. The van der Waals surface area contributed by atoms with Gasteiger partial charge in [0.2, 0.25) is 0 Å². The van der Waals surface area contributed by atoms with Crippen LogP contribution in [0.5, 0.6) is 0 Å². The molecule has 2 rings (SSSR count). The molecule has 2 aromatic rings. The summed E-state index contributed by atoms with van der Waals surface area (Å²) in [4.78, 5) is 8.58. The first-order chi connectivity index (χ1) is 8.55. The van der Waals surface area contributed by atoms with Gasteiger partial charge in [0.1, 0.15) is 0 Å². The maximum atomic E-state index is 4.45. The molecule has 0 aliphatic rings. The van der Waals surface area contributed by atoms with Gasteiger partial charge in [-0.1, -0.05) is 26.8 Å². The Morgan fingerprint density at radius 3 is 2.56 bits per heavy atom. The number of hydrogen-bond donors (Lipinski definition) is 0. The Balaban J connectivity index is 2.06. The van der Waals surface area contributed by atoms with Crippen molar-refractivity contribution in [1.82, 2.24) is 9.97 Å². The second-order valence-corrected chi connectivity index (χ2v) is 5.65. The molecule has 2 aromatic heterocycles. The van der Waals surface area contributed by atoms with Gasteiger partial charge in [-0.15, -0.1) is 0 Å². The molecule has 0 atom stereocenters. The minimum atomic E-state index is 0.187. The standard InChI is InChI=1S/C16H20N2/c1-16(2,3)14-8-10-18-15(11-14)7-6-13-5-4-9-17-12-13/h4-5,8-12H,6-7H2,1-3H3. The smallest absolute Gasteiger partial charge is 0.0409 e. The van der Waals surface area contributed by atoms with Gasteiger partial charge < -0.3 is 0 Å². The first-order valence-electron chi connectivity index (χ1n) is 6.40. The van der Waals surface area contributed by atoms with Gasteiger partial charge in [-0.25, -0.2) is 0 Å². The Hall–Kier alpha value is -1.70. The average Bonchev–Trinajstić information content (AvgIpc) is 2.37.